The fourth-order valence-corrected chi connectivity index (χ4v) is 11.0. The molecule has 0 aliphatic carbocycles. The summed E-state index contributed by atoms with van der Waals surface area (Å²) in [4.78, 5) is 0. The van der Waals surface area contributed by atoms with Gasteiger partial charge in [-0.25, -0.2) is 0 Å². The molecule has 1 aromatic heterocycles. The number of rotatable bonds is 6. The van der Waals surface area contributed by atoms with Gasteiger partial charge in [-0.3, -0.25) is 0 Å². The van der Waals surface area contributed by atoms with E-state index >= 15 is 0 Å². The molecule has 1 N–H and O–H groups in total. The van der Waals surface area contributed by atoms with E-state index in [1.807, 2.05) is 0 Å². The molecule has 136 valence electrons. The second-order valence-electron chi connectivity index (χ2n) is 6.49. The molecule has 0 spiro atoms. The number of aryl methyl sites for hydroxylation is 1. The van der Waals surface area contributed by atoms with E-state index in [1.165, 1.54) is 15.9 Å². The Labute approximate surface area is 166 Å². The minimum absolute atomic E-state index is 0.720. The number of tetrazole rings is 1. The molecule has 0 atom stereocenters. The van der Waals surface area contributed by atoms with Crippen molar-refractivity contribution < 1.29 is 0 Å². The van der Waals surface area contributed by atoms with Gasteiger partial charge >= 0.3 is 167 Å². The second kappa shape index (κ2) is 7.34. The molecule has 4 rings (SSSR count). The van der Waals surface area contributed by atoms with E-state index in [9.17, 15) is 0 Å². The van der Waals surface area contributed by atoms with Crippen molar-refractivity contribution >= 4 is 36.7 Å². The van der Waals surface area contributed by atoms with Gasteiger partial charge in [0.05, 0.1) is 0 Å². The summed E-state index contributed by atoms with van der Waals surface area (Å²) in [5.41, 5.74) is 0. The third kappa shape index (κ3) is 3.11. The molecule has 0 fully saturated rings. The van der Waals surface area contributed by atoms with Gasteiger partial charge in [0, 0.05) is 0 Å². The average molecular weight is 439 g/mol. The zero-order valence-electron chi connectivity index (χ0n) is 14.7. The van der Waals surface area contributed by atoms with Crippen LogP contribution in [0.5, 0.6) is 0 Å². The monoisotopic (exact) mass is 438 g/mol. The molecule has 1 heterocycles. The van der Waals surface area contributed by atoms with Gasteiger partial charge < -0.3 is 0 Å². The summed E-state index contributed by atoms with van der Waals surface area (Å²) in [5, 5.41) is 15.6. The first-order valence-electron chi connectivity index (χ1n) is 8.84. The number of benzene rings is 3. The number of halogens is 1. The predicted octanol–water partition coefficient (Wildman–Crippen LogP) is 3.58. The van der Waals surface area contributed by atoms with Crippen LogP contribution in [-0.4, -0.2) is 26.8 Å². The van der Waals surface area contributed by atoms with Crippen molar-refractivity contribution in [3.8, 4) is 0 Å². The average Bonchev–Trinajstić information content (AvgIpc) is 3.28. The summed E-state index contributed by atoms with van der Waals surface area (Å²) in [5.74, 6) is 0.728. The molecule has 0 bridgehead atoms. The summed E-state index contributed by atoms with van der Waals surface area (Å²) in [6.45, 7) is 0. The number of nitrogens with one attached hydrogen (secondary N) is 1. The Morgan fingerprint density at radius 3 is 1.52 bits per heavy atom. The number of hydrogen-bond donors (Lipinski definition) is 1. The van der Waals surface area contributed by atoms with Crippen molar-refractivity contribution in [2.24, 2.45) is 0 Å². The normalized spacial score (nSPS) is 13.0. The molecular weight excluding hydrogens is 419 g/mol. The maximum absolute atomic E-state index is 4.41. The molecule has 0 saturated carbocycles. The molecule has 3 aromatic carbocycles. The zero-order valence-corrected chi connectivity index (χ0v) is 17.2. The first kappa shape index (κ1) is 18.0. The molecule has 0 amide bonds. The molecule has 0 saturated heterocycles. The quantitative estimate of drug-likeness (QED) is 0.468. The molecule has 0 radical (unpaired) electrons. The van der Waals surface area contributed by atoms with Gasteiger partial charge in [0.1, 0.15) is 0 Å². The molecule has 4 nitrogen and oxygen atoms in total. The van der Waals surface area contributed by atoms with Crippen LogP contribution >= 0.6 is 20.8 Å². The van der Waals surface area contributed by atoms with Gasteiger partial charge in [0.2, 0.25) is 0 Å². The fraction of sp³-hybridized carbons (Fsp3) is 0.0952. The van der Waals surface area contributed by atoms with Crippen molar-refractivity contribution in [3.63, 3.8) is 0 Å². The molecule has 27 heavy (non-hydrogen) atoms. The van der Waals surface area contributed by atoms with Crippen molar-refractivity contribution in [3.05, 3.63) is 96.8 Å². The first-order chi connectivity index (χ1) is 13.2. The molecule has 6 heteroatoms. The van der Waals surface area contributed by atoms with Crippen LogP contribution in [0.25, 0.3) is 0 Å². The van der Waals surface area contributed by atoms with Crippen LogP contribution in [0.3, 0.4) is 0 Å². The van der Waals surface area contributed by atoms with Crippen molar-refractivity contribution in [1.29, 1.82) is 0 Å². The van der Waals surface area contributed by atoms with E-state index in [1.54, 1.807) is 0 Å². The van der Waals surface area contributed by atoms with Gasteiger partial charge in [-0.05, 0) is 0 Å². The van der Waals surface area contributed by atoms with Crippen molar-refractivity contribution in [2.45, 2.75) is 6.42 Å². The van der Waals surface area contributed by atoms with E-state index in [-0.39, 0.29) is 0 Å². The van der Waals surface area contributed by atoms with E-state index in [0.29, 0.717) is 0 Å². The molecular formula is C21H20BrN4P. The Balaban J connectivity index is 1.99. The Bertz CT molecular complexity index is 893. The van der Waals surface area contributed by atoms with Gasteiger partial charge in [0.25, 0.3) is 0 Å². The van der Waals surface area contributed by atoms with E-state index in [0.717, 1.165) is 18.4 Å². The van der Waals surface area contributed by atoms with Crippen molar-refractivity contribution in [1.82, 2.24) is 20.6 Å². The zero-order chi connectivity index (χ0) is 18.6. The van der Waals surface area contributed by atoms with E-state index < -0.39 is 5.31 Å². The van der Waals surface area contributed by atoms with Gasteiger partial charge in [-0.1, -0.05) is 0 Å². The van der Waals surface area contributed by atoms with Crippen LogP contribution in [0.4, 0.5) is 0 Å². The Hall–Kier alpha value is -2.36. The summed E-state index contributed by atoms with van der Waals surface area (Å²) >= 11 is 4.41. The summed E-state index contributed by atoms with van der Waals surface area (Å²) in [6, 6.07) is 32.2. The number of hydrogen-bond acceptors (Lipinski definition) is 3. The van der Waals surface area contributed by atoms with E-state index in [4.69, 9.17) is 0 Å². The fourth-order valence-electron chi connectivity index (χ4n) is 3.65. The van der Waals surface area contributed by atoms with Crippen LogP contribution in [0.2, 0.25) is 0 Å². The minimum atomic E-state index is -2.90. The maximum atomic E-state index is 4.41. The Morgan fingerprint density at radius 2 is 1.15 bits per heavy atom. The molecule has 0 aliphatic rings. The standard InChI is InChI=1S/C21H20BrN4P/c22-27(18-10-4-1-5-11-18,19-12-6-2-7-13-19,20-14-8-3-9-15-20)17-16-21-23-25-26-24-21/h1-15H,16-17H2,(H,23,24,25,26). The van der Waals surface area contributed by atoms with Crippen LogP contribution in [0.1, 0.15) is 5.82 Å². The second-order valence-corrected chi connectivity index (χ2v) is 15.5. The van der Waals surface area contributed by atoms with Crippen molar-refractivity contribution in [2.75, 3.05) is 6.16 Å². The topological polar surface area (TPSA) is 54.5 Å². The summed E-state index contributed by atoms with van der Waals surface area (Å²) < 4.78 is 0. The van der Waals surface area contributed by atoms with Gasteiger partial charge in [-0.15, -0.1) is 0 Å². The first-order valence-corrected chi connectivity index (χ1v) is 13.3. The predicted molar refractivity (Wildman–Crippen MR) is 117 cm³/mol. The number of nitrogens with zero attached hydrogens (tertiary/aromatic N) is 3. The van der Waals surface area contributed by atoms with Gasteiger partial charge in [0.15, 0.2) is 0 Å². The SMILES string of the molecule is BrP(CCc1nn[nH]n1)(c1ccccc1)(c1ccccc1)c1ccccc1. The molecule has 0 unspecified atom stereocenters. The Kier molecular flexibility index (Phi) is 4.90. The summed E-state index contributed by atoms with van der Waals surface area (Å²) in [7, 11) is 0. The van der Waals surface area contributed by atoms with Crippen LogP contribution < -0.4 is 15.9 Å². The third-order valence-electron chi connectivity index (χ3n) is 5.03. The summed E-state index contributed by atoms with van der Waals surface area (Å²) in [6.07, 6.45) is 1.58. The number of aromatic amines is 1. The number of aromatic nitrogens is 4. The molecule has 0 aliphatic heterocycles. The Morgan fingerprint density at radius 1 is 0.704 bits per heavy atom. The van der Waals surface area contributed by atoms with Gasteiger partial charge in [-0.2, -0.15) is 0 Å². The number of H-pyrrole nitrogens is 1. The third-order valence-corrected chi connectivity index (χ3v) is 15.0. The van der Waals surface area contributed by atoms with Crippen LogP contribution in [0.15, 0.2) is 91.0 Å². The molecule has 4 aromatic rings. The van der Waals surface area contributed by atoms with Crippen LogP contribution in [0, 0.1) is 0 Å². The van der Waals surface area contributed by atoms with Crippen LogP contribution in [-0.2, 0) is 6.42 Å². The van der Waals surface area contributed by atoms with E-state index in [2.05, 4.69) is 127 Å².